The molecule has 0 aliphatic carbocycles. The highest BCUT2D eigenvalue weighted by Gasteiger charge is 2.30. The van der Waals surface area contributed by atoms with E-state index in [1.165, 1.54) is 4.57 Å². The van der Waals surface area contributed by atoms with Crippen molar-refractivity contribution in [3.05, 3.63) is 52.2 Å². The Kier molecular flexibility index (Phi) is 5.42. The normalized spacial score (nSPS) is 17.2. The van der Waals surface area contributed by atoms with Gasteiger partial charge in [0, 0.05) is 32.0 Å². The van der Waals surface area contributed by atoms with E-state index in [2.05, 4.69) is 9.72 Å². The molecule has 0 N–H and O–H groups in total. The van der Waals surface area contributed by atoms with E-state index in [-0.39, 0.29) is 18.2 Å². The largest absolute Gasteiger partial charge is 0.522 e. The summed E-state index contributed by atoms with van der Waals surface area (Å²) in [4.78, 5) is 16.6. The molecule has 0 radical (unpaired) electrons. The van der Waals surface area contributed by atoms with Crippen LogP contribution in [0.25, 0.3) is 22.2 Å². The Balaban J connectivity index is 1.77. The van der Waals surface area contributed by atoms with Gasteiger partial charge in [0.1, 0.15) is 11.9 Å². The summed E-state index contributed by atoms with van der Waals surface area (Å²) in [6.07, 6.45) is -1.53. The van der Waals surface area contributed by atoms with Gasteiger partial charge in [0.2, 0.25) is 0 Å². The van der Waals surface area contributed by atoms with Crippen molar-refractivity contribution < 1.29 is 22.6 Å². The molecule has 1 atom stereocenters. The van der Waals surface area contributed by atoms with E-state index in [1.807, 2.05) is 18.2 Å². The van der Waals surface area contributed by atoms with E-state index < -0.39 is 13.0 Å². The van der Waals surface area contributed by atoms with Gasteiger partial charge in [-0.3, -0.25) is 9.53 Å². The fourth-order valence-corrected chi connectivity index (χ4v) is 3.87. The number of alkyl halides is 3. The lowest BCUT2D eigenvalue weighted by atomic mass is 10.1. The van der Waals surface area contributed by atoms with Crippen LogP contribution in [-0.2, 0) is 23.1 Å². The number of halogens is 3. The van der Waals surface area contributed by atoms with Crippen molar-refractivity contribution in [3.8, 4) is 11.1 Å². The molecular weight excluding hydrogens is 399 g/mol. The number of fused-ring (bicyclic) bond motifs is 1. The summed E-state index contributed by atoms with van der Waals surface area (Å²) in [7, 11) is 1.69. The number of aryl methyl sites for hydroxylation is 2. The van der Waals surface area contributed by atoms with Gasteiger partial charge in [-0.15, -0.1) is 13.2 Å². The van der Waals surface area contributed by atoms with Crippen molar-refractivity contribution in [2.45, 2.75) is 38.8 Å². The number of ether oxygens (including phenoxy) is 2. The average molecular weight is 421 g/mol. The lowest BCUT2D eigenvalue weighted by Gasteiger charge is -2.15. The molecule has 0 unspecified atom stereocenters. The second kappa shape index (κ2) is 7.88. The van der Waals surface area contributed by atoms with E-state index in [9.17, 15) is 18.0 Å². The highest BCUT2D eigenvalue weighted by Crippen LogP contribution is 2.32. The number of benzene rings is 1. The maximum absolute atomic E-state index is 12.5. The molecule has 1 aliphatic rings. The molecule has 1 aromatic carbocycles. The topological polar surface area (TPSA) is 58.3 Å². The van der Waals surface area contributed by atoms with Crippen LogP contribution in [-0.4, -0.2) is 33.7 Å². The Morgan fingerprint density at radius 1 is 1.27 bits per heavy atom. The van der Waals surface area contributed by atoms with Gasteiger partial charge < -0.3 is 13.9 Å². The lowest BCUT2D eigenvalue weighted by Crippen LogP contribution is -2.19. The first kappa shape index (κ1) is 20.6. The molecule has 0 saturated carbocycles. The van der Waals surface area contributed by atoms with Gasteiger partial charge in [-0.2, -0.15) is 0 Å². The number of pyridine rings is 1. The minimum Gasteiger partial charge on any atom is -0.370 e. The summed E-state index contributed by atoms with van der Waals surface area (Å²) < 4.78 is 50.5. The fourth-order valence-electron chi connectivity index (χ4n) is 3.87. The van der Waals surface area contributed by atoms with Gasteiger partial charge in [-0.05, 0) is 49.1 Å². The molecule has 0 amide bonds. The molecule has 3 aromatic rings. The molecule has 2 aromatic heterocycles. The molecule has 4 rings (SSSR count). The fraction of sp³-hybridized carbons (Fsp3) is 0.429. The van der Waals surface area contributed by atoms with E-state index in [0.717, 1.165) is 24.0 Å². The molecular formula is C21H22F3N3O3. The van der Waals surface area contributed by atoms with Gasteiger partial charge in [0.25, 0.3) is 5.56 Å². The van der Waals surface area contributed by atoms with Crippen molar-refractivity contribution in [2.75, 3.05) is 13.2 Å². The van der Waals surface area contributed by atoms with Crippen molar-refractivity contribution >= 4 is 11.0 Å². The quantitative estimate of drug-likeness (QED) is 0.623. The van der Waals surface area contributed by atoms with Crippen LogP contribution in [0.4, 0.5) is 13.2 Å². The van der Waals surface area contributed by atoms with Crippen molar-refractivity contribution in [3.63, 3.8) is 0 Å². The second-order valence-electron chi connectivity index (χ2n) is 7.45. The Morgan fingerprint density at radius 3 is 2.73 bits per heavy atom. The van der Waals surface area contributed by atoms with Gasteiger partial charge >= 0.3 is 6.36 Å². The maximum atomic E-state index is 12.5. The highest BCUT2D eigenvalue weighted by atomic mass is 19.4. The number of hydrogen-bond donors (Lipinski definition) is 0. The number of rotatable bonds is 5. The standard InChI is InChI=1S/C21H22F3N3O3/c1-13-10-15(12-26(2)20(13)28)14-5-6-16-17(11-14)27(7-9-30-21(22,23)24)19(25-16)18-4-3-8-29-18/h5-6,10-12,18H,3-4,7-9H2,1-2H3/t18-/m0/s1. The van der Waals surface area contributed by atoms with Crippen LogP contribution >= 0.6 is 0 Å². The van der Waals surface area contributed by atoms with E-state index in [1.54, 1.807) is 30.8 Å². The molecule has 30 heavy (non-hydrogen) atoms. The second-order valence-corrected chi connectivity index (χ2v) is 7.45. The molecule has 160 valence electrons. The minimum atomic E-state index is -4.68. The van der Waals surface area contributed by atoms with Crippen molar-refractivity contribution in [1.82, 2.24) is 14.1 Å². The van der Waals surface area contributed by atoms with Crippen LogP contribution in [0, 0.1) is 6.92 Å². The first-order chi connectivity index (χ1) is 14.2. The zero-order chi connectivity index (χ0) is 21.5. The summed E-state index contributed by atoms with van der Waals surface area (Å²) in [6.45, 7) is 1.84. The van der Waals surface area contributed by atoms with E-state index in [0.29, 0.717) is 29.0 Å². The molecule has 1 fully saturated rings. The van der Waals surface area contributed by atoms with E-state index >= 15 is 0 Å². The zero-order valence-corrected chi connectivity index (χ0v) is 16.7. The summed E-state index contributed by atoms with van der Waals surface area (Å²) in [6, 6.07) is 7.42. The van der Waals surface area contributed by atoms with Crippen molar-refractivity contribution in [1.29, 1.82) is 0 Å². The van der Waals surface area contributed by atoms with Gasteiger partial charge in [-0.25, -0.2) is 4.98 Å². The summed E-state index contributed by atoms with van der Waals surface area (Å²) in [5.41, 5.74) is 3.61. The van der Waals surface area contributed by atoms with Crippen LogP contribution in [0.3, 0.4) is 0 Å². The molecule has 1 aliphatic heterocycles. The van der Waals surface area contributed by atoms with Crippen LogP contribution in [0.5, 0.6) is 0 Å². The Labute approximate surface area is 170 Å². The third-order valence-corrected chi connectivity index (χ3v) is 5.27. The predicted octanol–water partition coefficient (Wildman–Crippen LogP) is 4.10. The summed E-state index contributed by atoms with van der Waals surface area (Å²) in [5, 5.41) is 0. The maximum Gasteiger partial charge on any atom is 0.522 e. The summed E-state index contributed by atoms with van der Waals surface area (Å²) in [5.74, 6) is 0.613. The van der Waals surface area contributed by atoms with Gasteiger partial charge in [-0.1, -0.05) is 6.07 Å². The number of hydrogen-bond acceptors (Lipinski definition) is 4. The molecule has 3 heterocycles. The third-order valence-electron chi connectivity index (χ3n) is 5.27. The van der Waals surface area contributed by atoms with E-state index in [4.69, 9.17) is 4.74 Å². The zero-order valence-electron chi connectivity index (χ0n) is 16.7. The molecule has 0 spiro atoms. The van der Waals surface area contributed by atoms with Crippen LogP contribution in [0.1, 0.15) is 30.3 Å². The molecule has 6 nitrogen and oxygen atoms in total. The van der Waals surface area contributed by atoms with Gasteiger partial charge in [0.05, 0.1) is 17.6 Å². The summed E-state index contributed by atoms with van der Waals surface area (Å²) >= 11 is 0. The number of nitrogens with zero attached hydrogens (tertiary/aromatic N) is 3. The SMILES string of the molecule is Cc1cc(-c2ccc3nc([C@@H]4CCCO4)n(CCOC(F)(F)F)c3c2)cn(C)c1=O. The Bertz CT molecular complexity index is 1100. The number of aromatic nitrogens is 3. The minimum absolute atomic E-state index is 0.000952. The molecule has 9 heteroatoms. The highest BCUT2D eigenvalue weighted by molar-refractivity contribution is 5.82. The Morgan fingerprint density at radius 2 is 2.07 bits per heavy atom. The predicted molar refractivity (Wildman–Crippen MR) is 105 cm³/mol. The van der Waals surface area contributed by atoms with Crippen molar-refractivity contribution in [2.24, 2.45) is 7.05 Å². The Hall–Kier alpha value is -2.65. The van der Waals surface area contributed by atoms with Crippen LogP contribution in [0.2, 0.25) is 0 Å². The third kappa shape index (κ3) is 4.13. The van der Waals surface area contributed by atoms with Crippen LogP contribution in [0.15, 0.2) is 35.3 Å². The molecule has 0 bridgehead atoms. The average Bonchev–Trinajstić information content (AvgIpc) is 3.32. The molecule has 1 saturated heterocycles. The first-order valence-corrected chi connectivity index (χ1v) is 9.73. The first-order valence-electron chi connectivity index (χ1n) is 9.73. The monoisotopic (exact) mass is 421 g/mol. The van der Waals surface area contributed by atoms with Gasteiger partial charge in [0.15, 0.2) is 0 Å². The van der Waals surface area contributed by atoms with Crippen LogP contribution < -0.4 is 5.56 Å². The number of imidazole rings is 1. The smallest absolute Gasteiger partial charge is 0.370 e. The lowest BCUT2D eigenvalue weighted by molar-refractivity contribution is -0.325.